The van der Waals surface area contributed by atoms with Gasteiger partial charge in [0.25, 0.3) is 0 Å². The molecule has 0 amide bonds. The second-order valence-corrected chi connectivity index (χ2v) is 5.64. The van der Waals surface area contributed by atoms with Crippen LogP contribution >= 0.6 is 0 Å². The van der Waals surface area contributed by atoms with Crippen molar-refractivity contribution < 1.29 is 0 Å². The fraction of sp³-hybridized carbons (Fsp3) is 0.733. The van der Waals surface area contributed by atoms with E-state index < -0.39 is 0 Å². The van der Waals surface area contributed by atoms with E-state index in [2.05, 4.69) is 53.7 Å². The maximum absolute atomic E-state index is 2.39. The first-order valence-electron chi connectivity index (χ1n) is 5.60. The van der Waals surface area contributed by atoms with Gasteiger partial charge in [0.15, 0.2) is 0 Å². The van der Waals surface area contributed by atoms with Gasteiger partial charge in [-0.25, -0.2) is 0 Å². The number of hydrogen-bond donors (Lipinski definition) is 0. The Morgan fingerprint density at radius 1 is 1.00 bits per heavy atom. The van der Waals surface area contributed by atoms with E-state index in [1.165, 1.54) is 30.4 Å². The van der Waals surface area contributed by atoms with Crippen LogP contribution in [0.3, 0.4) is 0 Å². The van der Waals surface area contributed by atoms with Gasteiger partial charge in [-0.05, 0) is 45.4 Å². The summed E-state index contributed by atoms with van der Waals surface area (Å²) in [5.41, 5.74) is 3.38. The third-order valence-electron chi connectivity index (χ3n) is 2.15. The molecule has 0 aromatic heterocycles. The highest BCUT2D eigenvalue weighted by Gasteiger charge is 2.06. The van der Waals surface area contributed by atoms with Gasteiger partial charge in [0, 0.05) is 0 Å². The Kier molecular flexibility index (Phi) is 8.71. The molecule has 0 saturated carbocycles. The molecule has 0 N–H and O–H groups in total. The van der Waals surface area contributed by atoms with Crippen molar-refractivity contribution in [2.45, 2.75) is 68.2 Å². The van der Waals surface area contributed by atoms with Crippen LogP contribution in [0, 0.1) is 5.41 Å². The predicted octanol–water partition coefficient (Wildman–Crippen LogP) is 5.75. The lowest BCUT2D eigenvalue weighted by Crippen LogP contribution is -2.02. The predicted molar refractivity (Wildman–Crippen MR) is 73.2 cm³/mol. The summed E-state index contributed by atoms with van der Waals surface area (Å²) in [5.74, 6) is 0. The summed E-state index contributed by atoms with van der Waals surface area (Å²) in [7, 11) is 0. The Morgan fingerprint density at radius 2 is 1.53 bits per heavy atom. The fourth-order valence-corrected chi connectivity index (χ4v) is 1.17. The van der Waals surface area contributed by atoms with E-state index in [4.69, 9.17) is 0 Å². The van der Waals surface area contributed by atoms with Crippen LogP contribution in [-0.2, 0) is 0 Å². The topological polar surface area (TPSA) is 0 Å². The zero-order valence-electron chi connectivity index (χ0n) is 10.8. The smallest absolute Gasteiger partial charge is 0.0288 e. The molecule has 0 radical (unpaired) electrons. The van der Waals surface area contributed by atoms with E-state index >= 15 is 0 Å². The molecule has 0 nitrogen and oxygen atoms in total. The summed E-state index contributed by atoms with van der Waals surface area (Å²) >= 11 is 0. The van der Waals surface area contributed by atoms with E-state index in [-0.39, 0.29) is 7.43 Å². The summed E-state index contributed by atoms with van der Waals surface area (Å²) in [6, 6.07) is 0. The second-order valence-electron chi connectivity index (χ2n) is 5.64. The quantitative estimate of drug-likeness (QED) is 0.518. The van der Waals surface area contributed by atoms with Gasteiger partial charge < -0.3 is 0 Å². The molecule has 0 aromatic carbocycles. The minimum Gasteiger partial charge on any atom is -0.0856 e. The van der Waals surface area contributed by atoms with Gasteiger partial charge in [0.1, 0.15) is 0 Å². The molecule has 0 bridgehead atoms. The molecule has 0 aliphatic heterocycles. The summed E-state index contributed by atoms with van der Waals surface area (Å²) in [6.45, 7) is 13.4. The van der Waals surface area contributed by atoms with Crippen LogP contribution in [0.1, 0.15) is 68.2 Å². The van der Waals surface area contributed by atoms with Crippen LogP contribution in [0.2, 0.25) is 0 Å². The zero-order chi connectivity index (χ0) is 11.2. The first-order valence-corrected chi connectivity index (χ1v) is 5.60. The molecular formula is C15H30. The average Bonchev–Trinajstić information content (AvgIpc) is 1.99. The first-order chi connectivity index (χ1) is 6.31. The van der Waals surface area contributed by atoms with Gasteiger partial charge in [-0.2, -0.15) is 0 Å². The molecule has 0 heteroatoms. The summed E-state index contributed by atoms with van der Waals surface area (Å²) in [4.78, 5) is 0. The third-order valence-corrected chi connectivity index (χ3v) is 2.15. The zero-order valence-corrected chi connectivity index (χ0v) is 10.8. The Bertz CT molecular complexity index is 207. The van der Waals surface area contributed by atoms with Gasteiger partial charge in [0.05, 0.1) is 0 Å². The molecular weight excluding hydrogens is 180 g/mol. The standard InChI is InChI=1S/C14H26.CH4/c1-12(2)8-7-9-13(3)10-11-14(4,5)6;/h8,10H,7,9,11H2,1-6H3;1H4/b13-10+;. The van der Waals surface area contributed by atoms with Crippen molar-refractivity contribution in [1.29, 1.82) is 0 Å². The van der Waals surface area contributed by atoms with Gasteiger partial charge in [0.2, 0.25) is 0 Å². The number of allylic oxidation sites excluding steroid dienone is 4. The van der Waals surface area contributed by atoms with Crippen LogP contribution < -0.4 is 0 Å². The molecule has 0 aliphatic rings. The van der Waals surface area contributed by atoms with Gasteiger partial charge in [-0.1, -0.05) is 51.5 Å². The molecule has 0 heterocycles. The fourth-order valence-electron chi connectivity index (χ4n) is 1.17. The van der Waals surface area contributed by atoms with Crippen molar-refractivity contribution in [1.82, 2.24) is 0 Å². The Balaban J connectivity index is 0. The highest BCUT2D eigenvalue weighted by molar-refractivity contribution is 5.03. The third kappa shape index (κ3) is 13.5. The monoisotopic (exact) mass is 210 g/mol. The maximum Gasteiger partial charge on any atom is -0.0288 e. The molecule has 90 valence electrons. The minimum absolute atomic E-state index is 0. The van der Waals surface area contributed by atoms with Crippen molar-refractivity contribution in [3.05, 3.63) is 23.3 Å². The lowest BCUT2D eigenvalue weighted by Gasteiger charge is -2.15. The summed E-state index contributed by atoms with van der Waals surface area (Å²) in [6.07, 6.45) is 8.29. The van der Waals surface area contributed by atoms with Crippen LogP contribution in [0.4, 0.5) is 0 Å². The molecule has 15 heavy (non-hydrogen) atoms. The average molecular weight is 210 g/mol. The van der Waals surface area contributed by atoms with Crippen molar-refractivity contribution in [2.24, 2.45) is 5.41 Å². The van der Waals surface area contributed by atoms with Gasteiger partial charge >= 0.3 is 0 Å². The van der Waals surface area contributed by atoms with Gasteiger partial charge in [-0.3, -0.25) is 0 Å². The maximum atomic E-state index is 2.39. The molecule has 0 unspecified atom stereocenters. The highest BCUT2D eigenvalue weighted by Crippen LogP contribution is 2.20. The van der Waals surface area contributed by atoms with E-state index in [9.17, 15) is 0 Å². The van der Waals surface area contributed by atoms with Gasteiger partial charge in [-0.15, -0.1) is 0 Å². The molecule has 0 rings (SSSR count). The molecule has 0 aromatic rings. The SMILES string of the molecule is C.CC(C)=CCC/C(C)=C/CC(C)(C)C. The van der Waals surface area contributed by atoms with E-state index in [1.54, 1.807) is 0 Å². The first kappa shape index (κ1) is 16.9. The van der Waals surface area contributed by atoms with Crippen molar-refractivity contribution in [2.75, 3.05) is 0 Å². The second kappa shape index (κ2) is 7.73. The number of hydrogen-bond acceptors (Lipinski definition) is 0. The molecule has 0 aliphatic carbocycles. The summed E-state index contributed by atoms with van der Waals surface area (Å²) < 4.78 is 0. The van der Waals surface area contributed by atoms with E-state index in [1.807, 2.05) is 0 Å². The van der Waals surface area contributed by atoms with Crippen LogP contribution in [0.15, 0.2) is 23.3 Å². The molecule has 0 atom stereocenters. The van der Waals surface area contributed by atoms with Crippen molar-refractivity contribution in [3.8, 4) is 0 Å². The molecule has 0 saturated heterocycles. The molecule has 0 spiro atoms. The Morgan fingerprint density at radius 3 is 1.93 bits per heavy atom. The lowest BCUT2D eigenvalue weighted by atomic mass is 9.91. The molecule has 0 fully saturated rings. The lowest BCUT2D eigenvalue weighted by molar-refractivity contribution is 0.419. The van der Waals surface area contributed by atoms with Crippen molar-refractivity contribution >= 4 is 0 Å². The largest absolute Gasteiger partial charge is 0.0856 e. The van der Waals surface area contributed by atoms with Crippen molar-refractivity contribution in [3.63, 3.8) is 0 Å². The Labute approximate surface area is 97.5 Å². The van der Waals surface area contributed by atoms with Crippen LogP contribution in [-0.4, -0.2) is 0 Å². The van der Waals surface area contributed by atoms with E-state index in [0.29, 0.717) is 5.41 Å². The Hall–Kier alpha value is -0.520. The minimum atomic E-state index is 0. The highest BCUT2D eigenvalue weighted by atomic mass is 14.1. The number of rotatable bonds is 4. The van der Waals surface area contributed by atoms with Crippen LogP contribution in [0.25, 0.3) is 0 Å². The van der Waals surface area contributed by atoms with E-state index in [0.717, 1.165) is 0 Å². The van der Waals surface area contributed by atoms with Crippen LogP contribution in [0.5, 0.6) is 0 Å². The normalized spacial score (nSPS) is 12.0. The summed E-state index contributed by atoms with van der Waals surface area (Å²) in [5, 5.41) is 0.